The van der Waals surface area contributed by atoms with Crippen molar-refractivity contribution in [1.82, 2.24) is 15.5 Å². The minimum absolute atomic E-state index is 0.175. The number of benzene rings is 1. The van der Waals surface area contributed by atoms with Crippen LogP contribution < -0.4 is 5.32 Å². The fourth-order valence-corrected chi connectivity index (χ4v) is 3.77. The number of hydrogen-bond donors (Lipinski definition) is 1. The van der Waals surface area contributed by atoms with Crippen molar-refractivity contribution in [3.63, 3.8) is 0 Å². The predicted molar refractivity (Wildman–Crippen MR) is 118 cm³/mol. The molecule has 1 aliphatic heterocycles. The van der Waals surface area contributed by atoms with Gasteiger partial charge in [0.05, 0.1) is 12.0 Å². The first kappa shape index (κ1) is 23.9. The van der Waals surface area contributed by atoms with Crippen molar-refractivity contribution in [3.8, 4) is 11.5 Å². The zero-order valence-electron chi connectivity index (χ0n) is 19.8. The molecular weight excluding hydrogens is 410 g/mol. The Bertz CT molecular complexity index is 946. The van der Waals surface area contributed by atoms with Crippen LogP contribution in [0.25, 0.3) is 11.5 Å². The predicted octanol–water partition coefficient (Wildman–Crippen LogP) is 4.28. The minimum Gasteiger partial charge on any atom is -0.432 e. The van der Waals surface area contributed by atoms with Gasteiger partial charge in [-0.25, -0.2) is 4.79 Å². The third-order valence-electron chi connectivity index (χ3n) is 5.29. The number of rotatable bonds is 7. The first-order valence-corrected chi connectivity index (χ1v) is 11.0. The maximum Gasteiger partial charge on any atom is 0.338 e. The molecule has 8 nitrogen and oxygen atoms in total. The van der Waals surface area contributed by atoms with Gasteiger partial charge in [-0.3, -0.25) is 4.79 Å². The van der Waals surface area contributed by atoms with Gasteiger partial charge in [-0.1, -0.05) is 58.0 Å². The van der Waals surface area contributed by atoms with E-state index in [4.69, 9.17) is 14.0 Å². The van der Waals surface area contributed by atoms with Crippen LogP contribution in [0.1, 0.15) is 66.8 Å². The Morgan fingerprint density at radius 1 is 1.19 bits per heavy atom. The number of hydrogen-bond acceptors (Lipinski definition) is 7. The zero-order chi connectivity index (χ0) is 23.7. The monoisotopic (exact) mass is 443 g/mol. The van der Waals surface area contributed by atoms with E-state index < -0.39 is 35.2 Å². The highest BCUT2D eigenvalue weighted by atomic mass is 16.8. The van der Waals surface area contributed by atoms with Crippen molar-refractivity contribution >= 4 is 11.9 Å². The van der Waals surface area contributed by atoms with E-state index in [-0.39, 0.29) is 11.8 Å². The molecule has 0 aliphatic carbocycles. The summed E-state index contributed by atoms with van der Waals surface area (Å²) in [6, 6.07) is 8.92. The van der Waals surface area contributed by atoms with Crippen LogP contribution in [-0.4, -0.2) is 33.9 Å². The number of cyclic esters (lactones) is 1. The molecule has 2 heterocycles. The maximum absolute atomic E-state index is 13.4. The normalized spacial score (nSPS) is 20.1. The van der Waals surface area contributed by atoms with Crippen LogP contribution in [0.3, 0.4) is 0 Å². The Balaban J connectivity index is 1.86. The van der Waals surface area contributed by atoms with Gasteiger partial charge in [-0.2, -0.15) is 4.98 Å². The average molecular weight is 444 g/mol. The third-order valence-corrected chi connectivity index (χ3v) is 5.29. The van der Waals surface area contributed by atoms with Gasteiger partial charge in [-0.15, -0.1) is 0 Å². The minimum atomic E-state index is -1.06. The second-order valence-corrected chi connectivity index (χ2v) is 10.2. The van der Waals surface area contributed by atoms with Gasteiger partial charge >= 0.3 is 5.97 Å². The summed E-state index contributed by atoms with van der Waals surface area (Å²) in [6.45, 7) is 13.3. The summed E-state index contributed by atoms with van der Waals surface area (Å²) in [5.41, 5.74) is 0.388. The smallest absolute Gasteiger partial charge is 0.338 e. The summed E-state index contributed by atoms with van der Waals surface area (Å²) in [7, 11) is 0. The quantitative estimate of drug-likeness (QED) is 0.637. The van der Waals surface area contributed by atoms with Crippen LogP contribution >= 0.6 is 0 Å². The van der Waals surface area contributed by atoms with E-state index in [1.54, 1.807) is 13.8 Å². The van der Waals surface area contributed by atoms with Crippen LogP contribution in [0.15, 0.2) is 34.9 Å². The fourth-order valence-electron chi connectivity index (χ4n) is 3.77. The highest BCUT2D eigenvalue weighted by Gasteiger charge is 2.48. The van der Waals surface area contributed by atoms with E-state index in [0.29, 0.717) is 18.1 Å². The SMILES string of the molecule is CC(C)C[C@@H](C(=O)N[C@H](c1noc(-c2ccccc2)n1)C(C)(C)C)[C@@H]1OC(C)(C)OC1=O. The van der Waals surface area contributed by atoms with Crippen molar-refractivity contribution in [3.05, 3.63) is 36.2 Å². The Morgan fingerprint density at radius 2 is 1.84 bits per heavy atom. The van der Waals surface area contributed by atoms with Gasteiger partial charge in [0.15, 0.2) is 11.9 Å². The highest BCUT2D eigenvalue weighted by molar-refractivity contribution is 5.88. The topological polar surface area (TPSA) is 104 Å². The first-order chi connectivity index (χ1) is 14.9. The van der Waals surface area contributed by atoms with Crippen LogP contribution in [0.5, 0.6) is 0 Å². The average Bonchev–Trinajstić information content (AvgIpc) is 3.27. The van der Waals surface area contributed by atoms with Gasteiger partial charge in [0, 0.05) is 19.4 Å². The van der Waals surface area contributed by atoms with E-state index in [1.165, 1.54) is 0 Å². The second-order valence-electron chi connectivity index (χ2n) is 10.2. The molecule has 1 aliphatic rings. The standard InChI is InChI=1S/C24H33N3O5/c1-14(2)13-16(17-22(29)31-24(6,7)30-17)20(28)25-18(23(3,4)5)19-26-21(32-27-19)15-11-9-8-10-12-15/h8-12,14,16-18H,13H2,1-7H3,(H,25,28)/t16-,17+,18-/m1/s1. The fraction of sp³-hybridized carbons (Fsp3) is 0.583. The van der Waals surface area contributed by atoms with Gasteiger partial charge in [0.2, 0.25) is 11.7 Å². The number of nitrogens with zero attached hydrogens (tertiary/aromatic N) is 2. The lowest BCUT2D eigenvalue weighted by Gasteiger charge is -2.31. The maximum atomic E-state index is 13.4. The molecule has 0 saturated carbocycles. The molecule has 1 amide bonds. The molecule has 3 rings (SSSR count). The number of amides is 1. The van der Waals surface area contributed by atoms with E-state index >= 15 is 0 Å². The van der Waals surface area contributed by atoms with Crippen molar-refractivity contribution in [1.29, 1.82) is 0 Å². The molecule has 1 saturated heterocycles. The summed E-state index contributed by atoms with van der Waals surface area (Å²) in [4.78, 5) is 30.4. The van der Waals surface area contributed by atoms with Gasteiger partial charge in [0.25, 0.3) is 5.89 Å². The van der Waals surface area contributed by atoms with Crippen molar-refractivity contribution in [2.75, 3.05) is 0 Å². The molecule has 1 N–H and O–H groups in total. The zero-order valence-corrected chi connectivity index (χ0v) is 19.8. The summed E-state index contributed by atoms with van der Waals surface area (Å²) in [6.07, 6.45) is -0.488. The van der Waals surface area contributed by atoms with Crippen molar-refractivity contribution < 1.29 is 23.6 Å². The number of nitrogens with one attached hydrogen (secondary N) is 1. The van der Waals surface area contributed by atoms with Crippen LogP contribution in [0.2, 0.25) is 0 Å². The Hall–Kier alpha value is -2.74. The number of aromatic nitrogens is 2. The molecule has 8 heteroatoms. The molecule has 1 aromatic heterocycles. The summed E-state index contributed by atoms with van der Waals surface area (Å²) >= 11 is 0. The lowest BCUT2D eigenvalue weighted by Crippen LogP contribution is -2.45. The second kappa shape index (κ2) is 9.02. The van der Waals surface area contributed by atoms with Gasteiger partial charge in [-0.05, 0) is 29.9 Å². The number of carbonyl (C=O) groups excluding carboxylic acids is 2. The molecule has 0 spiro atoms. The molecular formula is C24H33N3O5. The van der Waals surface area contributed by atoms with Gasteiger partial charge < -0.3 is 19.3 Å². The Kier molecular flexibility index (Phi) is 6.74. The molecule has 1 aromatic carbocycles. The molecule has 0 unspecified atom stereocenters. The lowest BCUT2D eigenvalue weighted by molar-refractivity contribution is -0.162. The molecule has 0 bridgehead atoms. The third kappa shape index (κ3) is 5.54. The summed E-state index contributed by atoms with van der Waals surface area (Å²) in [5, 5.41) is 7.20. The van der Waals surface area contributed by atoms with Crippen molar-refractivity contribution in [2.45, 2.75) is 72.8 Å². The van der Waals surface area contributed by atoms with Gasteiger partial charge in [0.1, 0.15) is 0 Å². The van der Waals surface area contributed by atoms with Crippen molar-refractivity contribution in [2.24, 2.45) is 17.3 Å². The molecule has 3 atom stereocenters. The van der Waals surface area contributed by atoms with E-state index in [2.05, 4.69) is 15.5 Å². The Morgan fingerprint density at radius 3 is 2.38 bits per heavy atom. The molecule has 1 fully saturated rings. The first-order valence-electron chi connectivity index (χ1n) is 11.0. The lowest BCUT2D eigenvalue weighted by atomic mass is 9.84. The summed E-state index contributed by atoms with van der Waals surface area (Å²) in [5.74, 6) is -1.64. The molecule has 0 radical (unpaired) electrons. The number of esters is 1. The Labute approximate surface area is 189 Å². The summed E-state index contributed by atoms with van der Waals surface area (Å²) < 4.78 is 16.6. The molecule has 2 aromatic rings. The van der Waals surface area contributed by atoms with E-state index in [9.17, 15) is 9.59 Å². The van der Waals surface area contributed by atoms with E-state index in [1.807, 2.05) is 65.0 Å². The number of ether oxygens (including phenoxy) is 2. The number of carbonyl (C=O) groups is 2. The van der Waals surface area contributed by atoms with E-state index in [0.717, 1.165) is 5.56 Å². The van der Waals surface area contributed by atoms with Crippen LogP contribution in [0, 0.1) is 17.3 Å². The molecule has 174 valence electrons. The largest absolute Gasteiger partial charge is 0.432 e. The van der Waals surface area contributed by atoms with Crippen LogP contribution in [-0.2, 0) is 19.1 Å². The van der Waals surface area contributed by atoms with Crippen LogP contribution in [0.4, 0.5) is 0 Å². The highest BCUT2D eigenvalue weighted by Crippen LogP contribution is 2.35. The molecule has 32 heavy (non-hydrogen) atoms.